The van der Waals surface area contributed by atoms with Crippen molar-refractivity contribution in [3.63, 3.8) is 0 Å². The molecule has 0 unspecified atom stereocenters. The van der Waals surface area contributed by atoms with Crippen molar-refractivity contribution < 1.29 is 29.1 Å². The van der Waals surface area contributed by atoms with Crippen LogP contribution in [0.3, 0.4) is 0 Å². The van der Waals surface area contributed by atoms with Gasteiger partial charge in [0.1, 0.15) is 11.2 Å². The highest BCUT2D eigenvalue weighted by molar-refractivity contribution is 6.22. The summed E-state index contributed by atoms with van der Waals surface area (Å²) in [5, 5.41) is 0.614. The quantitative estimate of drug-likeness (QED) is 0.195. The molecule has 0 radical (unpaired) electrons. The zero-order valence-electron chi connectivity index (χ0n) is 40.0. The van der Waals surface area contributed by atoms with Crippen LogP contribution in [-0.4, -0.2) is 0 Å². The van der Waals surface area contributed by atoms with E-state index in [4.69, 9.17) is 22.2 Å². The molecular weight excluding hydrogens is 520 g/mol. The van der Waals surface area contributed by atoms with Crippen LogP contribution in [-0.2, 0) is 0 Å². The van der Waals surface area contributed by atoms with Crippen LogP contribution in [0.15, 0.2) is 162 Å². The van der Waals surface area contributed by atoms with E-state index in [2.05, 4.69) is 0 Å². The Morgan fingerprint density at radius 2 is 0.860 bits per heavy atom. The number of hydrogen-bond acceptors (Lipinski definition) is 1. The molecular formula is C42H26O. The maximum absolute atomic E-state index is 9.57. The summed E-state index contributed by atoms with van der Waals surface area (Å²) in [7, 11) is 0. The van der Waals surface area contributed by atoms with Crippen LogP contribution in [0.5, 0.6) is 0 Å². The summed E-state index contributed by atoms with van der Waals surface area (Å²) in [4.78, 5) is 0. The van der Waals surface area contributed by atoms with Crippen LogP contribution in [0, 0.1) is 0 Å². The molecule has 0 saturated carbocycles. The van der Waals surface area contributed by atoms with E-state index in [1.165, 1.54) is 0 Å². The highest BCUT2D eigenvalue weighted by Gasteiger charge is 2.18. The number of furan rings is 1. The molecule has 0 bridgehead atoms. The molecule has 0 spiro atoms. The maximum atomic E-state index is 9.57. The van der Waals surface area contributed by atoms with Gasteiger partial charge in [-0.3, -0.25) is 0 Å². The predicted octanol–water partition coefficient (Wildman–Crippen LogP) is 12.0. The van der Waals surface area contributed by atoms with E-state index in [0.717, 1.165) is 0 Å². The minimum atomic E-state index is -0.702. The van der Waals surface area contributed by atoms with Crippen LogP contribution in [0.1, 0.15) is 24.7 Å². The standard InChI is InChI=1S/C42H26O/c1-2-10-27(11-3-1)28-18-20-29(21-19-28)41-34-14-6-8-16-36(34)42(37-17-9-7-15-35(37)41)32-22-23-33-38-24-30-12-4-5-13-31(30)25-40(38)43-39(33)26-32/h1-26H/i1D,2D,3D,4D,5D,10D,11D,12D,13D,18D,19D,20D,21D,22D,23D,24D,25D,26D. The first-order valence-electron chi connectivity index (χ1n) is 22.3. The van der Waals surface area contributed by atoms with E-state index < -0.39 is 120 Å². The van der Waals surface area contributed by atoms with E-state index in [0.29, 0.717) is 21.5 Å². The normalized spacial score (nSPS) is 17.6. The van der Waals surface area contributed by atoms with Gasteiger partial charge < -0.3 is 4.42 Å². The Bertz CT molecular complexity index is 3400. The fourth-order valence-corrected chi connectivity index (χ4v) is 5.58. The van der Waals surface area contributed by atoms with Crippen molar-refractivity contribution in [1.82, 2.24) is 0 Å². The maximum Gasteiger partial charge on any atom is 0.136 e. The van der Waals surface area contributed by atoms with E-state index in [1.54, 1.807) is 48.5 Å². The second-order valence-corrected chi connectivity index (χ2v) is 9.85. The van der Waals surface area contributed by atoms with Crippen molar-refractivity contribution in [2.75, 3.05) is 0 Å². The Hall–Kier alpha value is -5.66. The first-order valence-corrected chi connectivity index (χ1v) is 13.3. The van der Waals surface area contributed by atoms with Crippen molar-refractivity contribution in [1.29, 1.82) is 0 Å². The highest BCUT2D eigenvalue weighted by atomic mass is 16.3. The van der Waals surface area contributed by atoms with Gasteiger partial charge in [0.15, 0.2) is 0 Å². The molecule has 0 saturated heterocycles. The van der Waals surface area contributed by atoms with Gasteiger partial charge in [-0.1, -0.05) is 133 Å². The SMILES string of the molecule is [2H]c1c([2H])c([2H])c(-c2c([2H])c([2H])c(-c3c4ccccc4c(-c4c([2H])c([2H])c5c(oc6c([2H])c7c([2H])c([2H])c([2H])c([2H])c7c([2H])c65)c4[2H])c4ccccc34)c([2H])c2[2H])c([2H])c1[2H]. The van der Waals surface area contributed by atoms with Gasteiger partial charge in [-0.15, -0.1) is 0 Å². The Morgan fingerprint density at radius 3 is 1.51 bits per heavy atom. The van der Waals surface area contributed by atoms with Crippen LogP contribution in [0.25, 0.3) is 87.6 Å². The number of fused-ring (bicyclic) bond motifs is 6. The first kappa shape index (κ1) is 12.3. The summed E-state index contributed by atoms with van der Waals surface area (Å²) in [6.07, 6.45) is 0. The molecule has 200 valence electrons. The zero-order valence-corrected chi connectivity index (χ0v) is 22.0. The third-order valence-electron chi connectivity index (χ3n) is 7.44. The van der Waals surface area contributed by atoms with Crippen LogP contribution in [0.4, 0.5) is 0 Å². The molecule has 9 rings (SSSR count). The van der Waals surface area contributed by atoms with Crippen molar-refractivity contribution in [3.8, 4) is 33.4 Å². The minimum absolute atomic E-state index is 0.0848. The van der Waals surface area contributed by atoms with E-state index in [1.807, 2.05) is 0 Å². The predicted molar refractivity (Wildman–Crippen MR) is 183 cm³/mol. The molecule has 8 aromatic carbocycles. The summed E-state index contributed by atoms with van der Waals surface area (Å²) >= 11 is 0. The first-order chi connectivity index (χ1) is 28.8. The van der Waals surface area contributed by atoms with Crippen molar-refractivity contribution in [2.45, 2.75) is 0 Å². The second-order valence-electron chi connectivity index (χ2n) is 9.85. The van der Waals surface area contributed by atoms with Gasteiger partial charge >= 0.3 is 0 Å². The minimum Gasteiger partial charge on any atom is -0.456 e. The molecule has 43 heavy (non-hydrogen) atoms. The molecule has 0 aliphatic heterocycles. The number of rotatable bonds is 3. The fourth-order valence-electron chi connectivity index (χ4n) is 5.58. The Labute approximate surface area is 274 Å². The summed E-state index contributed by atoms with van der Waals surface area (Å²) in [5.41, 5.74) is -1.26. The van der Waals surface area contributed by atoms with Crippen molar-refractivity contribution >= 4 is 54.3 Å². The van der Waals surface area contributed by atoms with Crippen LogP contribution >= 0.6 is 0 Å². The van der Waals surface area contributed by atoms with Gasteiger partial charge in [-0.2, -0.15) is 0 Å². The highest BCUT2D eigenvalue weighted by Crippen LogP contribution is 2.45. The van der Waals surface area contributed by atoms with Crippen LogP contribution in [0.2, 0.25) is 0 Å². The molecule has 9 aromatic rings. The fraction of sp³-hybridized carbons (Fsp3) is 0. The van der Waals surface area contributed by atoms with Gasteiger partial charge in [0.25, 0.3) is 0 Å². The molecule has 0 atom stereocenters. The third-order valence-corrected chi connectivity index (χ3v) is 7.44. The Kier molecular flexibility index (Phi) is 2.70. The monoisotopic (exact) mass is 564 g/mol. The average molecular weight is 565 g/mol. The zero-order chi connectivity index (χ0) is 44.0. The smallest absolute Gasteiger partial charge is 0.136 e. The molecule has 0 aliphatic carbocycles. The molecule has 0 fully saturated rings. The summed E-state index contributed by atoms with van der Waals surface area (Å²) in [5.74, 6) is 0. The van der Waals surface area contributed by atoms with Crippen molar-refractivity contribution in [2.24, 2.45) is 0 Å². The van der Waals surface area contributed by atoms with E-state index >= 15 is 0 Å². The van der Waals surface area contributed by atoms with Crippen molar-refractivity contribution in [3.05, 3.63) is 157 Å². The lowest BCUT2D eigenvalue weighted by Gasteiger charge is -2.18. The lowest BCUT2D eigenvalue weighted by Crippen LogP contribution is -1.91. The van der Waals surface area contributed by atoms with Gasteiger partial charge in [-0.25, -0.2) is 0 Å². The molecule has 1 heteroatoms. The van der Waals surface area contributed by atoms with Gasteiger partial charge in [0.05, 0.1) is 24.7 Å². The molecule has 1 aromatic heterocycles. The molecule has 1 nitrogen and oxygen atoms in total. The third kappa shape index (κ3) is 3.79. The topological polar surface area (TPSA) is 13.1 Å². The largest absolute Gasteiger partial charge is 0.456 e. The molecule has 0 N–H and O–H groups in total. The average Bonchev–Trinajstić information content (AvgIpc) is 3.67. The lowest BCUT2D eigenvalue weighted by molar-refractivity contribution is 0.669. The Morgan fingerprint density at radius 1 is 0.372 bits per heavy atom. The molecule has 1 heterocycles. The van der Waals surface area contributed by atoms with Crippen LogP contribution < -0.4 is 0 Å². The Balaban J connectivity index is 1.39. The van der Waals surface area contributed by atoms with Gasteiger partial charge in [0.2, 0.25) is 0 Å². The number of hydrogen-bond donors (Lipinski definition) is 0. The summed E-state index contributed by atoms with van der Waals surface area (Å²) < 4.78 is 164. The van der Waals surface area contributed by atoms with Gasteiger partial charge in [0, 0.05) is 10.8 Å². The summed E-state index contributed by atoms with van der Waals surface area (Å²) in [6, 6.07) is 2.87. The molecule has 0 amide bonds. The lowest BCUT2D eigenvalue weighted by atomic mass is 9.85. The second kappa shape index (κ2) is 9.44. The van der Waals surface area contributed by atoms with E-state index in [-0.39, 0.29) is 55.0 Å². The van der Waals surface area contributed by atoms with E-state index in [9.17, 15) is 6.85 Å². The molecule has 0 aliphatic rings. The number of benzene rings is 8. The van der Waals surface area contributed by atoms with Gasteiger partial charge in [-0.05, 0) is 89.9 Å². The summed E-state index contributed by atoms with van der Waals surface area (Å²) in [6.45, 7) is 0.